The number of hydrogen-bond donors (Lipinski definition) is 1. The van der Waals surface area contributed by atoms with Gasteiger partial charge in [0.05, 0.1) is 27.7 Å². The molecule has 0 aliphatic carbocycles. The van der Waals surface area contributed by atoms with Gasteiger partial charge in [-0.05, 0) is 36.4 Å². The summed E-state index contributed by atoms with van der Waals surface area (Å²) in [6.07, 6.45) is 0. The summed E-state index contributed by atoms with van der Waals surface area (Å²) in [5.74, 6) is 0.389. The molecule has 0 saturated carbocycles. The van der Waals surface area contributed by atoms with Gasteiger partial charge in [0, 0.05) is 5.02 Å². The van der Waals surface area contributed by atoms with Crippen molar-refractivity contribution in [2.75, 3.05) is 11.8 Å². The maximum Gasteiger partial charge on any atom is 0.261 e. The molecule has 0 atom stereocenters. The number of benzene rings is 2. The van der Waals surface area contributed by atoms with Crippen LogP contribution in [0.15, 0.2) is 41.3 Å². The summed E-state index contributed by atoms with van der Waals surface area (Å²) < 4.78 is 31.9. The van der Waals surface area contributed by atoms with Crippen LogP contribution in [-0.2, 0) is 10.0 Å². The maximum atomic E-state index is 12.3. The fraction of sp³-hybridized carbons (Fsp3) is 0.0769. The quantitative estimate of drug-likeness (QED) is 0.869. The third kappa shape index (κ3) is 3.74. The van der Waals surface area contributed by atoms with E-state index in [0.29, 0.717) is 10.8 Å². The first-order valence-electron chi connectivity index (χ1n) is 5.65. The van der Waals surface area contributed by atoms with Crippen molar-refractivity contribution in [3.63, 3.8) is 0 Å². The normalized spacial score (nSPS) is 11.2. The molecule has 0 amide bonds. The Morgan fingerprint density at radius 1 is 1.00 bits per heavy atom. The topological polar surface area (TPSA) is 55.4 Å². The summed E-state index contributed by atoms with van der Waals surface area (Å²) in [6, 6.07) is 8.62. The van der Waals surface area contributed by atoms with Crippen molar-refractivity contribution in [2.24, 2.45) is 0 Å². The van der Waals surface area contributed by atoms with E-state index < -0.39 is 10.0 Å². The highest BCUT2D eigenvalue weighted by molar-refractivity contribution is 7.92. The third-order valence-corrected chi connectivity index (χ3v) is 4.82. The molecule has 0 radical (unpaired) electrons. The van der Waals surface area contributed by atoms with Gasteiger partial charge in [-0.15, -0.1) is 0 Å². The molecular weight excluding hydrogens is 357 g/mol. The van der Waals surface area contributed by atoms with Gasteiger partial charge in [-0.1, -0.05) is 34.8 Å². The van der Waals surface area contributed by atoms with Crippen LogP contribution >= 0.6 is 34.8 Å². The Labute approximate surface area is 137 Å². The van der Waals surface area contributed by atoms with Gasteiger partial charge in [-0.2, -0.15) is 0 Å². The van der Waals surface area contributed by atoms with Crippen molar-refractivity contribution >= 4 is 50.5 Å². The van der Waals surface area contributed by atoms with Crippen LogP contribution < -0.4 is 9.46 Å². The Kier molecular flexibility index (Phi) is 4.88. The van der Waals surface area contributed by atoms with Gasteiger partial charge < -0.3 is 4.74 Å². The molecule has 0 saturated heterocycles. The monoisotopic (exact) mass is 365 g/mol. The van der Waals surface area contributed by atoms with E-state index in [1.54, 1.807) is 0 Å². The highest BCUT2D eigenvalue weighted by Crippen LogP contribution is 2.30. The standard InChI is InChI=1S/C13H10Cl3NO3S/c1-20-13-5-3-9(7-11(13)16)21(18,19)17-12-4-2-8(14)6-10(12)15/h2-7,17H,1H3. The van der Waals surface area contributed by atoms with E-state index in [-0.39, 0.29) is 20.6 Å². The second kappa shape index (κ2) is 6.32. The second-order valence-corrected chi connectivity index (χ2v) is 6.96. The van der Waals surface area contributed by atoms with Crippen LogP contribution in [0.3, 0.4) is 0 Å². The molecule has 4 nitrogen and oxygen atoms in total. The van der Waals surface area contributed by atoms with Gasteiger partial charge in [0.2, 0.25) is 0 Å². The van der Waals surface area contributed by atoms with Crippen molar-refractivity contribution in [1.29, 1.82) is 0 Å². The highest BCUT2D eigenvalue weighted by Gasteiger charge is 2.17. The summed E-state index contributed by atoms with van der Waals surface area (Å²) >= 11 is 17.6. The molecule has 0 aliphatic rings. The lowest BCUT2D eigenvalue weighted by atomic mass is 10.3. The van der Waals surface area contributed by atoms with E-state index in [0.717, 1.165) is 0 Å². The fourth-order valence-electron chi connectivity index (χ4n) is 1.59. The van der Waals surface area contributed by atoms with Gasteiger partial charge >= 0.3 is 0 Å². The zero-order valence-corrected chi connectivity index (χ0v) is 13.8. The van der Waals surface area contributed by atoms with Crippen molar-refractivity contribution in [1.82, 2.24) is 0 Å². The largest absolute Gasteiger partial charge is 0.495 e. The molecule has 0 spiro atoms. The molecule has 2 aromatic carbocycles. The second-order valence-electron chi connectivity index (χ2n) is 4.03. The average molecular weight is 367 g/mol. The minimum absolute atomic E-state index is 0.000633. The van der Waals surface area contributed by atoms with Gasteiger partial charge in [0.15, 0.2) is 0 Å². The maximum absolute atomic E-state index is 12.3. The van der Waals surface area contributed by atoms with Gasteiger partial charge in [0.1, 0.15) is 5.75 Å². The molecule has 0 aromatic heterocycles. The van der Waals surface area contributed by atoms with Gasteiger partial charge in [-0.3, -0.25) is 4.72 Å². The lowest BCUT2D eigenvalue weighted by Crippen LogP contribution is -2.13. The minimum Gasteiger partial charge on any atom is -0.495 e. The number of methoxy groups -OCH3 is 1. The van der Waals surface area contributed by atoms with Crippen molar-refractivity contribution < 1.29 is 13.2 Å². The van der Waals surface area contributed by atoms with Crippen LogP contribution in [0.5, 0.6) is 5.75 Å². The van der Waals surface area contributed by atoms with E-state index in [1.807, 2.05) is 0 Å². The number of sulfonamides is 1. The summed E-state index contributed by atoms with van der Waals surface area (Å²) in [4.78, 5) is -0.000633. The molecule has 0 unspecified atom stereocenters. The highest BCUT2D eigenvalue weighted by atomic mass is 35.5. The van der Waals surface area contributed by atoms with Crippen LogP contribution in [0.25, 0.3) is 0 Å². The molecule has 112 valence electrons. The van der Waals surface area contributed by atoms with Crippen LogP contribution in [-0.4, -0.2) is 15.5 Å². The lowest BCUT2D eigenvalue weighted by molar-refractivity contribution is 0.414. The number of halogens is 3. The average Bonchev–Trinajstić information content (AvgIpc) is 2.42. The molecule has 2 aromatic rings. The first-order chi connectivity index (χ1) is 9.83. The molecule has 2 rings (SSSR count). The van der Waals surface area contributed by atoms with Crippen LogP contribution in [0.2, 0.25) is 15.1 Å². The fourth-order valence-corrected chi connectivity index (χ4v) is 3.53. The summed E-state index contributed by atoms with van der Waals surface area (Å²) in [7, 11) is -2.37. The lowest BCUT2D eigenvalue weighted by Gasteiger charge is -2.11. The summed E-state index contributed by atoms with van der Waals surface area (Å²) in [5.41, 5.74) is 0.230. The molecule has 0 heterocycles. The van der Waals surface area contributed by atoms with Gasteiger partial charge in [0.25, 0.3) is 10.0 Å². The first-order valence-corrected chi connectivity index (χ1v) is 8.26. The number of nitrogens with one attached hydrogen (secondary N) is 1. The van der Waals surface area contributed by atoms with Crippen molar-refractivity contribution in [3.05, 3.63) is 51.5 Å². The predicted octanol–water partition coefficient (Wildman–Crippen LogP) is 4.46. The Morgan fingerprint density at radius 2 is 1.71 bits per heavy atom. The van der Waals surface area contributed by atoms with E-state index >= 15 is 0 Å². The Balaban J connectivity index is 2.36. The van der Waals surface area contributed by atoms with Gasteiger partial charge in [-0.25, -0.2) is 8.42 Å². The third-order valence-electron chi connectivity index (χ3n) is 2.61. The molecule has 0 bridgehead atoms. The summed E-state index contributed by atoms with van der Waals surface area (Å²) in [5, 5.41) is 0.809. The Morgan fingerprint density at radius 3 is 2.29 bits per heavy atom. The van der Waals surface area contributed by atoms with E-state index in [1.165, 1.54) is 43.5 Å². The number of anilines is 1. The van der Waals surface area contributed by atoms with E-state index in [4.69, 9.17) is 39.5 Å². The molecular formula is C13H10Cl3NO3S. The smallest absolute Gasteiger partial charge is 0.261 e. The number of rotatable bonds is 4. The Bertz CT molecular complexity index is 778. The zero-order chi connectivity index (χ0) is 15.6. The number of hydrogen-bond acceptors (Lipinski definition) is 3. The van der Waals surface area contributed by atoms with E-state index in [2.05, 4.69) is 4.72 Å². The molecule has 0 aliphatic heterocycles. The molecule has 0 fully saturated rings. The van der Waals surface area contributed by atoms with Crippen molar-refractivity contribution in [3.8, 4) is 5.75 Å². The predicted molar refractivity (Wildman–Crippen MR) is 85.3 cm³/mol. The minimum atomic E-state index is -3.81. The van der Waals surface area contributed by atoms with Crippen molar-refractivity contribution in [2.45, 2.75) is 4.90 Å². The van der Waals surface area contributed by atoms with Crippen LogP contribution in [0.1, 0.15) is 0 Å². The Hall–Kier alpha value is -1.14. The van der Waals surface area contributed by atoms with Crippen LogP contribution in [0, 0.1) is 0 Å². The SMILES string of the molecule is COc1ccc(S(=O)(=O)Nc2ccc(Cl)cc2Cl)cc1Cl. The first kappa shape index (κ1) is 16.2. The number of ether oxygens (including phenoxy) is 1. The zero-order valence-electron chi connectivity index (χ0n) is 10.7. The van der Waals surface area contributed by atoms with E-state index in [9.17, 15) is 8.42 Å². The molecule has 21 heavy (non-hydrogen) atoms. The summed E-state index contributed by atoms with van der Waals surface area (Å²) in [6.45, 7) is 0. The van der Waals surface area contributed by atoms with Crippen LogP contribution in [0.4, 0.5) is 5.69 Å². The molecule has 1 N–H and O–H groups in total. The molecule has 8 heteroatoms.